The van der Waals surface area contributed by atoms with E-state index in [1.807, 2.05) is 0 Å². The Labute approximate surface area is 120 Å². The molecule has 5 heteroatoms. The third kappa shape index (κ3) is 2.79. The summed E-state index contributed by atoms with van der Waals surface area (Å²) in [5.74, 6) is -2.00. The molecule has 0 heterocycles. The fourth-order valence-electron chi connectivity index (χ4n) is 1.64. The quantitative estimate of drug-likeness (QED) is 0.812. The van der Waals surface area contributed by atoms with E-state index in [2.05, 4.69) is 31.9 Å². The molecule has 94 valence electrons. The molecular weight excluding hydrogens is 370 g/mol. The van der Waals surface area contributed by atoms with E-state index in [4.69, 9.17) is 0 Å². The summed E-state index contributed by atoms with van der Waals surface area (Å²) in [5.41, 5.74) is 0.390. The number of hydrogen-bond donors (Lipinski definition) is 1. The number of rotatable bonds is 2. The maximum absolute atomic E-state index is 13.6. The van der Waals surface area contributed by atoms with Gasteiger partial charge < -0.3 is 5.11 Å². The Balaban J connectivity index is 2.47. The molecule has 1 N–H and O–H groups in total. The topological polar surface area (TPSA) is 20.2 Å². The Kier molecular flexibility index (Phi) is 4.14. The van der Waals surface area contributed by atoms with Gasteiger partial charge in [0.25, 0.3) is 0 Å². The van der Waals surface area contributed by atoms with Crippen molar-refractivity contribution in [1.29, 1.82) is 0 Å². The molecule has 0 bridgehead atoms. The molecule has 2 rings (SSSR count). The third-order valence-electron chi connectivity index (χ3n) is 2.48. The molecule has 0 spiro atoms. The van der Waals surface area contributed by atoms with E-state index in [1.165, 1.54) is 12.1 Å². The van der Waals surface area contributed by atoms with Crippen LogP contribution in [0.1, 0.15) is 17.2 Å². The fourth-order valence-corrected chi connectivity index (χ4v) is 2.97. The maximum atomic E-state index is 13.6. The van der Waals surface area contributed by atoms with Crippen molar-refractivity contribution in [2.24, 2.45) is 0 Å². The predicted molar refractivity (Wildman–Crippen MR) is 72.3 cm³/mol. The van der Waals surface area contributed by atoms with Crippen molar-refractivity contribution in [3.05, 3.63) is 68.1 Å². The minimum Gasteiger partial charge on any atom is -0.384 e. The molecule has 18 heavy (non-hydrogen) atoms. The molecule has 0 saturated heterocycles. The summed E-state index contributed by atoms with van der Waals surface area (Å²) >= 11 is 6.56. The maximum Gasteiger partial charge on any atom is 0.164 e. The predicted octanol–water partition coefficient (Wildman–Crippen LogP) is 4.57. The lowest BCUT2D eigenvalue weighted by Crippen LogP contribution is -2.04. The second-order valence-corrected chi connectivity index (χ2v) is 5.58. The van der Waals surface area contributed by atoms with Gasteiger partial charge in [0.05, 0.1) is 0 Å². The number of halogens is 4. The molecule has 1 nitrogen and oxygen atoms in total. The second kappa shape index (κ2) is 5.47. The summed E-state index contributed by atoms with van der Waals surface area (Å²) in [6.07, 6.45) is -1.21. The summed E-state index contributed by atoms with van der Waals surface area (Å²) in [4.78, 5) is 0. The number of benzene rings is 2. The van der Waals surface area contributed by atoms with Crippen molar-refractivity contribution in [2.75, 3.05) is 0 Å². The van der Waals surface area contributed by atoms with Crippen LogP contribution in [0.5, 0.6) is 0 Å². The van der Waals surface area contributed by atoms with Gasteiger partial charge >= 0.3 is 0 Å². The van der Waals surface area contributed by atoms with E-state index in [1.54, 1.807) is 18.2 Å². The Morgan fingerprint density at radius 2 is 1.61 bits per heavy atom. The van der Waals surface area contributed by atoms with Gasteiger partial charge in [0.1, 0.15) is 6.10 Å². The van der Waals surface area contributed by atoms with Gasteiger partial charge in [-0.25, -0.2) is 8.78 Å². The van der Waals surface area contributed by atoms with Gasteiger partial charge in [-0.1, -0.05) is 44.0 Å². The van der Waals surface area contributed by atoms with E-state index < -0.39 is 17.7 Å². The van der Waals surface area contributed by atoms with Crippen molar-refractivity contribution >= 4 is 31.9 Å². The van der Waals surface area contributed by atoms with Crippen LogP contribution in [0, 0.1) is 11.6 Å². The summed E-state index contributed by atoms with van der Waals surface area (Å²) in [6.45, 7) is 0. The van der Waals surface area contributed by atoms with Crippen LogP contribution >= 0.6 is 31.9 Å². The number of aliphatic hydroxyl groups excluding tert-OH is 1. The van der Waals surface area contributed by atoms with Crippen LogP contribution in [0.2, 0.25) is 0 Å². The highest BCUT2D eigenvalue weighted by atomic mass is 79.9. The summed E-state index contributed by atoms with van der Waals surface area (Å²) in [6, 6.07) is 8.84. The van der Waals surface area contributed by atoms with E-state index in [9.17, 15) is 13.9 Å². The van der Waals surface area contributed by atoms with Crippen LogP contribution in [0.3, 0.4) is 0 Å². The molecule has 0 aliphatic carbocycles. The molecule has 0 aliphatic heterocycles. The average molecular weight is 378 g/mol. The molecule has 0 aliphatic rings. The van der Waals surface area contributed by atoms with Crippen LogP contribution in [0.15, 0.2) is 45.3 Å². The summed E-state index contributed by atoms with van der Waals surface area (Å²) < 4.78 is 28.2. The first-order valence-corrected chi connectivity index (χ1v) is 6.65. The zero-order chi connectivity index (χ0) is 13.3. The van der Waals surface area contributed by atoms with Crippen molar-refractivity contribution in [1.82, 2.24) is 0 Å². The molecule has 0 amide bonds. The lowest BCUT2D eigenvalue weighted by atomic mass is 10.0. The van der Waals surface area contributed by atoms with Crippen LogP contribution in [-0.4, -0.2) is 5.11 Å². The minimum absolute atomic E-state index is 0.0833. The first kappa shape index (κ1) is 13.6. The standard InChI is InChI=1S/C13H8Br2F2O/c14-8-4-7(5-9(15)6-8)13(18)10-2-1-3-11(16)12(10)17/h1-6,13,18H. The van der Waals surface area contributed by atoms with Crippen molar-refractivity contribution < 1.29 is 13.9 Å². The lowest BCUT2D eigenvalue weighted by molar-refractivity contribution is 0.213. The van der Waals surface area contributed by atoms with E-state index in [-0.39, 0.29) is 5.56 Å². The largest absolute Gasteiger partial charge is 0.384 e. The molecular formula is C13H8Br2F2O. The van der Waals surface area contributed by atoms with Crippen LogP contribution in [0.25, 0.3) is 0 Å². The third-order valence-corrected chi connectivity index (χ3v) is 3.39. The van der Waals surface area contributed by atoms with Crippen molar-refractivity contribution in [2.45, 2.75) is 6.10 Å². The second-order valence-electron chi connectivity index (χ2n) is 3.75. The van der Waals surface area contributed by atoms with E-state index in [0.29, 0.717) is 5.56 Å². The van der Waals surface area contributed by atoms with Crippen LogP contribution < -0.4 is 0 Å². The van der Waals surface area contributed by atoms with Crippen LogP contribution in [-0.2, 0) is 0 Å². The van der Waals surface area contributed by atoms with Crippen LogP contribution in [0.4, 0.5) is 8.78 Å². The SMILES string of the molecule is OC(c1cc(Br)cc(Br)c1)c1cccc(F)c1F. The highest BCUT2D eigenvalue weighted by Gasteiger charge is 2.18. The smallest absolute Gasteiger partial charge is 0.164 e. The Bertz CT molecular complexity index is 567. The average Bonchev–Trinajstić information content (AvgIpc) is 2.30. The lowest BCUT2D eigenvalue weighted by Gasteiger charge is -2.13. The normalized spacial score (nSPS) is 12.5. The molecule has 0 aromatic heterocycles. The molecule has 0 saturated carbocycles. The molecule has 0 radical (unpaired) electrons. The van der Waals surface area contributed by atoms with E-state index >= 15 is 0 Å². The van der Waals surface area contributed by atoms with Crippen molar-refractivity contribution in [3.8, 4) is 0 Å². The molecule has 1 atom stereocenters. The number of hydrogen-bond acceptors (Lipinski definition) is 1. The van der Waals surface area contributed by atoms with Gasteiger partial charge in [-0.15, -0.1) is 0 Å². The fraction of sp³-hybridized carbons (Fsp3) is 0.0769. The molecule has 1 unspecified atom stereocenters. The highest BCUT2D eigenvalue weighted by Crippen LogP contribution is 2.29. The van der Waals surface area contributed by atoms with Gasteiger partial charge in [-0.3, -0.25) is 0 Å². The summed E-state index contributed by atoms with van der Waals surface area (Å²) in [7, 11) is 0. The first-order chi connectivity index (χ1) is 8.49. The molecule has 2 aromatic rings. The zero-order valence-electron chi connectivity index (χ0n) is 9.00. The Morgan fingerprint density at radius 3 is 2.22 bits per heavy atom. The molecule has 0 fully saturated rings. The van der Waals surface area contributed by atoms with Gasteiger partial charge in [-0.2, -0.15) is 0 Å². The van der Waals surface area contributed by atoms with Gasteiger partial charge in [-0.05, 0) is 29.8 Å². The Morgan fingerprint density at radius 1 is 1.00 bits per heavy atom. The van der Waals surface area contributed by atoms with Gasteiger partial charge in [0.2, 0.25) is 0 Å². The minimum atomic E-state index is -1.21. The molecule has 2 aromatic carbocycles. The van der Waals surface area contributed by atoms with Gasteiger partial charge in [0, 0.05) is 14.5 Å². The summed E-state index contributed by atoms with van der Waals surface area (Å²) in [5, 5.41) is 10.1. The van der Waals surface area contributed by atoms with Gasteiger partial charge in [0.15, 0.2) is 11.6 Å². The van der Waals surface area contributed by atoms with Crippen molar-refractivity contribution in [3.63, 3.8) is 0 Å². The first-order valence-electron chi connectivity index (χ1n) is 5.07. The highest BCUT2D eigenvalue weighted by molar-refractivity contribution is 9.11. The van der Waals surface area contributed by atoms with E-state index in [0.717, 1.165) is 15.0 Å². The Hall–Kier alpha value is -0.780. The zero-order valence-corrected chi connectivity index (χ0v) is 12.2. The monoisotopic (exact) mass is 376 g/mol. The number of aliphatic hydroxyl groups is 1.